The molecule has 2 aromatic rings. The van der Waals surface area contributed by atoms with E-state index in [1.165, 1.54) is 72.6 Å². The molecule has 0 fully saturated rings. The molecule has 0 saturated heterocycles. The summed E-state index contributed by atoms with van der Waals surface area (Å²) >= 11 is 1.52. The highest BCUT2D eigenvalue weighted by molar-refractivity contribution is 7.95. The number of benzene rings is 2. The third-order valence-corrected chi connectivity index (χ3v) is 7.10. The fourth-order valence-corrected chi connectivity index (χ4v) is 4.24. The Labute approximate surface area is 152 Å². The zero-order valence-corrected chi connectivity index (χ0v) is 17.6. The highest BCUT2D eigenvalue weighted by Gasteiger charge is 2.17. The molecule has 24 heavy (non-hydrogen) atoms. The van der Waals surface area contributed by atoms with Crippen molar-refractivity contribution in [3.05, 3.63) is 55.6 Å². The standard InChI is InChI=1S/C22H30OS/c1-11-13(3)17(7)21(18(8)14(11)4)23-24-22-19(9)15(5)12(2)16(6)20(22)10/h1-10H3. The van der Waals surface area contributed by atoms with Crippen molar-refractivity contribution in [1.29, 1.82) is 0 Å². The van der Waals surface area contributed by atoms with Crippen molar-refractivity contribution in [3.63, 3.8) is 0 Å². The number of hydrogen-bond acceptors (Lipinski definition) is 2. The van der Waals surface area contributed by atoms with Gasteiger partial charge in [-0.25, -0.2) is 0 Å². The summed E-state index contributed by atoms with van der Waals surface area (Å²) in [5.74, 6) is 1.02. The van der Waals surface area contributed by atoms with Gasteiger partial charge in [0.15, 0.2) is 0 Å². The molecule has 0 aliphatic carbocycles. The van der Waals surface area contributed by atoms with E-state index in [9.17, 15) is 0 Å². The third-order valence-electron chi connectivity index (χ3n) is 6.07. The summed E-state index contributed by atoms with van der Waals surface area (Å²) in [6.07, 6.45) is 0. The molecule has 0 radical (unpaired) electrons. The van der Waals surface area contributed by atoms with Crippen LogP contribution in [0, 0.1) is 69.2 Å². The van der Waals surface area contributed by atoms with Gasteiger partial charge in [0.25, 0.3) is 0 Å². The van der Waals surface area contributed by atoms with Crippen molar-refractivity contribution in [2.24, 2.45) is 0 Å². The van der Waals surface area contributed by atoms with Crippen LogP contribution in [0.2, 0.25) is 0 Å². The summed E-state index contributed by atoms with van der Waals surface area (Å²) in [4.78, 5) is 1.25. The van der Waals surface area contributed by atoms with Gasteiger partial charge in [0.1, 0.15) is 5.75 Å². The lowest BCUT2D eigenvalue weighted by Crippen LogP contribution is -2.02. The smallest absolute Gasteiger partial charge is 0.144 e. The molecule has 0 aliphatic heterocycles. The molecule has 1 nitrogen and oxygen atoms in total. The van der Waals surface area contributed by atoms with E-state index in [0.29, 0.717) is 0 Å². The fourth-order valence-electron chi connectivity index (χ4n) is 3.26. The first-order chi connectivity index (χ1) is 11.1. The Morgan fingerprint density at radius 1 is 0.417 bits per heavy atom. The number of hydrogen-bond donors (Lipinski definition) is 0. The van der Waals surface area contributed by atoms with Crippen LogP contribution in [0.5, 0.6) is 5.75 Å². The minimum absolute atomic E-state index is 1.02. The van der Waals surface area contributed by atoms with Gasteiger partial charge in [-0.1, -0.05) is 0 Å². The van der Waals surface area contributed by atoms with E-state index in [0.717, 1.165) is 5.75 Å². The highest BCUT2D eigenvalue weighted by Crippen LogP contribution is 2.39. The Hall–Kier alpha value is -1.41. The SMILES string of the molecule is Cc1c(C)c(C)c(OSc2c(C)c(C)c(C)c(C)c2C)c(C)c1C. The lowest BCUT2D eigenvalue weighted by Gasteiger charge is -2.21. The summed E-state index contributed by atoms with van der Waals surface area (Å²) in [5, 5.41) is 0. The van der Waals surface area contributed by atoms with Crippen LogP contribution in [0.4, 0.5) is 0 Å². The van der Waals surface area contributed by atoms with Gasteiger partial charge in [-0.3, -0.25) is 0 Å². The lowest BCUT2D eigenvalue weighted by atomic mass is 9.94. The maximum absolute atomic E-state index is 6.30. The van der Waals surface area contributed by atoms with Gasteiger partial charge in [0.2, 0.25) is 0 Å². The quantitative estimate of drug-likeness (QED) is 0.564. The van der Waals surface area contributed by atoms with Gasteiger partial charge in [0, 0.05) is 0 Å². The Morgan fingerprint density at radius 3 is 1.08 bits per heavy atom. The van der Waals surface area contributed by atoms with Gasteiger partial charge in [0.05, 0.1) is 16.9 Å². The molecular formula is C22H30OS. The molecule has 0 saturated carbocycles. The molecule has 2 rings (SSSR count). The molecule has 2 aromatic carbocycles. The molecular weight excluding hydrogens is 312 g/mol. The Kier molecular flexibility index (Phi) is 5.39. The molecule has 0 amide bonds. The van der Waals surface area contributed by atoms with Crippen LogP contribution in [0.15, 0.2) is 4.90 Å². The van der Waals surface area contributed by atoms with E-state index in [1.807, 2.05) is 0 Å². The van der Waals surface area contributed by atoms with Crippen LogP contribution in [-0.2, 0) is 0 Å². The molecule has 130 valence electrons. The third kappa shape index (κ3) is 2.97. The van der Waals surface area contributed by atoms with Crippen molar-refractivity contribution in [2.75, 3.05) is 0 Å². The van der Waals surface area contributed by atoms with Crippen LogP contribution in [0.25, 0.3) is 0 Å². The van der Waals surface area contributed by atoms with Crippen molar-refractivity contribution in [1.82, 2.24) is 0 Å². The minimum atomic E-state index is 1.02. The van der Waals surface area contributed by atoms with Crippen LogP contribution < -0.4 is 4.18 Å². The van der Waals surface area contributed by atoms with Gasteiger partial charge in [-0.15, -0.1) is 0 Å². The van der Waals surface area contributed by atoms with Crippen molar-refractivity contribution in [2.45, 2.75) is 74.1 Å². The minimum Gasteiger partial charge on any atom is -0.420 e. The van der Waals surface area contributed by atoms with Crippen LogP contribution >= 0.6 is 12.0 Å². The molecule has 2 heteroatoms. The Balaban J connectivity index is 2.48. The van der Waals surface area contributed by atoms with Crippen molar-refractivity contribution < 1.29 is 4.18 Å². The second-order valence-electron chi connectivity index (χ2n) is 7.07. The van der Waals surface area contributed by atoms with E-state index in [1.54, 1.807) is 0 Å². The monoisotopic (exact) mass is 342 g/mol. The van der Waals surface area contributed by atoms with Crippen LogP contribution in [0.1, 0.15) is 55.6 Å². The van der Waals surface area contributed by atoms with E-state index < -0.39 is 0 Å². The summed E-state index contributed by atoms with van der Waals surface area (Å²) < 4.78 is 6.30. The van der Waals surface area contributed by atoms with Crippen molar-refractivity contribution >= 4 is 12.0 Å². The van der Waals surface area contributed by atoms with Gasteiger partial charge in [-0.2, -0.15) is 0 Å². The second-order valence-corrected chi connectivity index (χ2v) is 7.82. The predicted molar refractivity (Wildman–Crippen MR) is 107 cm³/mol. The van der Waals surface area contributed by atoms with E-state index in [-0.39, 0.29) is 0 Å². The van der Waals surface area contributed by atoms with E-state index in [4.69, 9.17) is 4.18 Å². The maximum atomic E-state index is 6.30. The molecule has 0 heterocycles. The largest absolute Gasteiger partial charge is 0.420 e. The Bertz CT molecular complexity index is 688. The first-order valence-electron chi connectivity index (χ1n) is 8.57. The average molecular weight is 343 g/mol. The zero-order valence-electron chi connectivity index (χ0n) is 16.8. The maximum Gasteiger partial charge on any atom is 0.144 e. The van der Waals surface area contributed by atoms with E-state index in [2.05, 4.69) is 69.2 Å². The van der Waals surface area contributed by atoms with Gasteiger partial charge < -0.3 is 4.18 Å². The number of rotatable bonds is 3. The lowest BCUT2D eigenvalue weighted by molar-refractivity contribution is 0.629. The van der Waals surface area contributed by atoms with Crippen LogP contribution in [0.3, 0.4) is 0 Å². The van der Waals surface area contributed by atoms with E-state index >= 15 is 0 Å². The zero-order chi connectivity index (χ0) is 18.3. The molecule has 0 aliphatic rings. The molecule has 0 aromatic heterocycles. The highest BCUT2D eigenvalue weighted by atomic mass is 32.2. The molecule has 0 N–H and O–H groups in total. The van der Waals surface area contributed by atoms with Gasteiger partial charge >= 0.3 is 0 Å². The summed E-state index contributed by atoms with van der Waals surface area (Å²) in [5.41, 5.74) is 13.3. The normalized spacial score (nSPS) is 11.1. The summed E-state index contributed by atoms with van der Waals surface area (Å²) in [6.45, 7) is 21.9. The summed E-state index contributed by atoms with van der Waals surface area (Å²) in [6, 6.07) is 0. The van der Waals surface area contributed by atoms with Crippen molar-refractivity contribution in [3.8, 4) is 5.75 Å². The second kappa shape index (κ2) is 6.84. The topological polar surface area (TPSA) is 9.23 Å². The average Bonchev–Trinajstić information content (AvgIpc) is 2.57. The first-order valence-corrected chi connectivity index (χ1v) is 9.32. The fraction of sp³-hybridized carbons (Fsp3) is 0.455. The van der Waals surface area contributed by atoms with Crippen LogP contribution in [-0.4, -0.2) is 0 Å². The molecule has 0 unspecified atom stereocenters. The van der Waals surface area contributed by atoms with Gasteiger partial charge in [-0.05, 0) is 125 Å². The summed E-state index contributed by atoms with van der Waals surface area (Å²) in [7, 11) is 0. The molecule has 0 spiro atoms. The molecule has 0 bridgehead atoms. The predicted octanol–water partition coefficient (Wildman–Crippen LogP) is 6.86. The Morgan fingerprint density at radius 2 is 0.708 bits per heavy atom. The molecule has 0 atom stereocenters. The first kappa shape index (κ1) is 18.9.